The maximum absolute atomic E-state index is 15.4. The average molecular weight is 850 g/mol. The molecule has 2 bridgehead atoms. The molecule has 1 aromatic heterocycles. The van der Waals surface area contributed by atoms with Gasteiger partial charge in [-0.05, 0) is 81.7 Å². The van der Waals surface area contributed by atoms with Crippen molar-refractivity contribution in [3.63, 3.8) is 0 Å². The van der Waals surface area contributed by atoms with Gasteiger partial charge in [0.1, 0.15) is 22.9 Å². The van der Waals surface area contributed by atoms with Crippen molar-refractivity contribution in [2.45, 2.75) is 107 Å². The van der Waals surface area contributed by atoms with E-state index in [1.165, 1.54) is 19.6 Å². The molecule has 9 rings (SSSR count). The Hall–Kier alpha value is -4.85. The highest BCUT2D eigenvalue weighted by atomic mass is 16.6. The lowest BCUT2D eigenvalue weighted by Crippen LogP contribution is -2.81. The van der Waals surface area contributed by atoms with Gasteiger partial charge < -0.3 is 39.3 Å². The highest BCUT2D eigenvalue weighted by molar-refractivity contribution is 5.94. The van der Waals surface area contributed by atoms with Crippen molar-refractivity contribution >= 4 is 34.6 Å². The number of amides is 1. The van der Waals surface area contributed by atoms with E-state index < -0.39 is 46.1 Å². The summed E-state index contributed by atoms with van der Waals surface area (Å²) in [5.74, 6) is -0.319. The Bertz CT molecular complexity index is 2360. The maximum Gasteiger partial charge on any atom is 0.407 e. The molecule has 62 heavy (non-hydrogen) atoms. The topological polar surface area (TPSA) is 146 Å². The molecule has 0 radical (unpaired) electrons. The number of ether oxygens (including phenoxy) is 4. The largest absolute Gasteiger partial charge is 0.496 e. The number of carbonyl (C=O) groups excluding carboxylic acids is 3. The van der Waals surface area contributed by atoms with E-state index in [0.29, 0.717) is 37.1 Å². The van der Waals surface area contributed by atoms with Crippen molar-refractivity contribution in [1.29, 1.82) is 0 Å². The fourth-order valence-electron chi connectivity index (χ4n) is 13.5. The van der Waals surface area contributed by atoms with Crippen molar-refractivity contribution in [2.24, 2.45) is 11.3 Å². The average Bonchev–Trinajstić information content (AvgIpc) is 3.92. The zero-order valence-electron chi connectivity index (χ0n) is 37.5. The summed E-state index contributed by atoms with van der Waals surface area (Å²) in [4.78, 5) is 52.8. The van der Waals surface area contributed by atoms with E-state index >= 15 is 4.79 Å². The van der Waals surface area contributed by atoms with E-state index in [4.69, 9.17) is 18.9 Å². The second kappa shape index (κ2) is 15.4. The number of aliphatic hydroxyl groups is 1. The number of likely N-dealkylation sites (N-methyl/N-ethyl adjacent to an activating group) is 1. The van der Waals surface area contributed by atoms with Crippen LogP contribution in [0.4, 0.5) is 10.5 Å². The number of aromatic amines is 1. The highest BCUT2D eigenvalue weighted by Crippen LogP contribution is 2.68. The van der Waals surface area contributed by atoms with Gasteiger partial charge in [-0.25, -0.2) is 4.79 Å². The summed E-state index contributed by atoms with van der Waals surface area (Å²) in [6.07, 6.45) is 7.91. The van der Waals surface area contributed by atoms with Gasteiger partial charge in [0.25, 0.3) is 0 Å². The summed E-state index contributed by atoms with van der Waals surface area (Å²) >= 11 is 0. The van der Waals surface area contributed by atoms with Gasteiger partial charge in [-0.2, -0.15) is 0 Å². The van der Waals surface area contributed by atoms with Crippen LogP contribution in [0, 0.1) is 11.3 Å². The van der Waals surface area contributed by atoms with Crippen molar-refractivity contribution in [3.8, 4) is 5.75 Å². The van der Waals surface area contributed by atoms with Gasteiger partial charge in [-0.3, -0.25) is 19.4 Å². The summed E-state index contributed by atoms with van der Waals surface area (Å²) in [5.41, 5.74) is 2.02. The molecule has 332 valence electrons. The maximum atomic E-state index is 15.4. The molecule has 1 unspecified atom stereocenters. The van der Waals surface area contributed by atoms with Gasteiger partial charge in [0, 0.05) is 90.9 Å². The predicted octanol–water partition coefficient (Wildman–Crippen LogP) is 5.76. The smallest absolute Gasteiger partial charge is 0.407 e. The molecular formula is C49H63N5O8. The van der Waals surface area contributed by atoms with Gasteiger partial charge in [-0.1, -0.05) is 55.8 Å². The van der Waals surface area contributed by atoms with Gasteiger partial charge in [0.15, 0.2) is 0 Å². The Labute approximate surface area is 364 Å². The number of aromatic nitrogens is 1. The second-order valence-electron chi connectivity index (χ2n) is 19.0. The number of alkyl carbamates (subject to hydrolysis) is 1. The number of methoxy groups -OCH3 is 2. The molecule has 1 spiro atoms. The number of para-hydroxylation sites is 1. The number of nitrogens with one attached hydrogen (secondary N) is 2. The Morgan fingerprint density at radius 1 is 1.06 bits per heavy atom. The molecule has 9 atom stereocenters. The third-order valence-electron chi connectivity index (χ3n) is 15.5. The molecule has 6 aliphatic rings. The quantitative estimate of drug-likeness (QED) is 0.137. The van der Waals surface area contributed by atoms with Crippen LogP contribution in [0.5, 0.6) is 5.75 Å². The monoisotopic (exact) mass is 849 g/mol. The minimum atomic E-state index is -1.82. The zero-order valence-corrected chi connectivity index (χ0v) is 37.5. The van der Waals surface area contributed by atoms with E-state index in [2.05, 4.69) is 81.3 Å². The summed E-state index contributed by atoms with van der Waals surface area (Å²) in [6, 6.07) is 11.6. The normalized spacial score (nSPS) is 33.3. The molecule has 5 aliphatic heterocycles. The number of fused-ring (bicyclic) bond motifs is 6. The van der Waals surface area contributed by atoms with Crippen LogP contribution < -0.4 is 15.0 Å². The van der Waals surface area contributed by atoms with E-state index in [-0.39, 0.29) is 30.6 Å². The Morgan fingerprint density at radius 2 is 1.85 bits per heavy atom. The third-order valence-corrected chi connectivity index (χ3v) is 15.5. The van der Waals surface area contributed by atoms with Crippen LogP contribution in [0.3, 0.4) is 0 Å². The number of rotatable bonds is 9. The van der Waals surface area contributed by atoms with Crippen LogP contribution in [-0.4, -0.2) is 128 Å². The minimum absolute atomic E-state index is 0.0285. The molecule has 2 fully saturated rings. The summed E-state index contributed by atoms with van der Waals surface area (Å²) in [7, 11) is 5.10. The van der Waals surface area contributed by atoms with E-state index in [1.54, 1.807) is 21.0 Å². The summed E-state index contributed by atoms with van der Waals surface area (Å²) in [5, 5.41) is 17.7. The van der Waals surface area contributed by atoms with Crippen molar-refractivity contribution in [2.75, 3.05) is 65.4 Å². The first-order valence-electron chi connectivity index (χ1n) is 22.5. The van der Waals surface area contributed by atoms with Crippen LogP contribution in [0.1, 0.15) is 82.7 Å². The molecule has 3 aromatic rings. The number of hydrogen-bond acceptors (Lipinski definition) is 11. The van der Waals surface area contributed by atoms with Crippen molar-refractivity contribution < 1.29 is 38.4 Å². The molecule has 13 heteroatoms. The molecule has 3 N–H and O–H groups in total. The first-order valence-corrected chi connectivity index (χ1v) is 22.5. The molecule has 1 saturated heterocycles. The number of benzene rings is 2. The van der Waals surface area contributed by atoms with Crippen molar-refractivity contribution in [1.82, 2.24) is 20.1 Å². The van der Waals surface area contributed by atoms with E-state index in [1.807, 2.05) is 19.2 Å². The molecule has 6 heterocycles. The van der Waals surface area contributed by atoms with Crippen molar-refractivity contribution in [3.05, 3.63) is 82.6 Å². The number of carbonyl (C=O) groups is 3. The SMILES string of the molecule is CCC1=C[C@@H]2CN(CCc3c([nH]c4ccccc34)[C@@](C(=O)OC)(c3cc4c(cc3OC)N(C)[C@H]3[C@](O)(CNC(=O)OC(C)C)[C@H](OC(C)=O)[C@]5(CC)C=CCN6CC[C@]43[C@@H]65)C2)C1. The first-order chi connectivity index (χ1) is 29.7. The lowest BCUT2D eigenvalue weighted by Gasteiger charge is -2.64. The number of esters is 2. The van der Waals surface area contributed by atoms with Gasteiger partial charge in [-0.15, -0.1) is 0 Å². The summed E-state index contributed by atoms with van der Waals surface area (Å²) < 4.78 is 24.3. The Kier molecular flexibility index (Phi) is 10.6. The molecule has 13 nitrogen and oxygen atoms in total. The zero-order chi connectivity index (χ0) is 43.9. The van der Waals surface area contributed by atoms with Gasteiger partial charge in [0.05, 0.1) is 32.9 Å². The fourth-order valence-corrected chi connectivity index (χ4v) is 13.5. The van der Waals surface area contributed by atoms with Crippen LogP contribution in [0.2, 0.25) is 0 Å². The predicted molar refractivity (Wildman–Crippen MR) is 237 cm³/mol. The molecule has 2 aromatic carbocycles. The number of anilines is 1. The lowest BCUT2D eigenvalue weighted by atomic mass is 9.47. The number of nitrogens with zero attached hydrogens (tertiary/aromatic N) is 3. The summed E-state index contributed by atoms with van der Waals surface area (Å²) in [6.45, 7) is 13.0. The Balaban J connectivity index is 1.33. The molecule has 1 amide bonds. The van der Waals surface area contributed by atoms with Crippen LogP contribution in [0.15, 0.2) is 60.2 Å². The fraction of sp³-hybridized carbons (Fsp3) is 0.571. The van der Waals surface area contributed by atoms with Gasteiger partial charge >= 0.3 is 18.0 Å². The van der Waals surface area contributed by atoms with Gasteiger partial charge in [0.2, 0.25) is 0 Å². The number of H-pyrrole nitrogens is 1. The number of hydrogen-bond donors (Lipinski definition) is 3. The standard InChI is InChI=1S/C49H63N5O8/c1-9-31-22-32-25-48(44(56)60-8,40-34(16-20-53(26-31)27-32)33-14-11-12-15-37(33)51-40)36-23-35-38(24-39(36)59-7)52(6)42-47(35)18-21-54-19-13-17-46(10-2,41(47)54)43(62-30(5)55)49(42,58)28-50-45(57)61-29(3)4/h11-15,17,22-24,29,32,41-43,51,58H,9-10,16,18-21,25-28H2,1-8H3,(H,50,57)/t32-,41-,42+,43+,46+,47+,48-,49+/m0/s1. The molecule has 1 saturated carbocycles. The lowest BCUT2D eigenvalue weighted by molar-refractivity contribution is -0.217. The second-order valence-corrected chi connectivity index (χ2v) is 19.0. The van der Waals surface area contributed by atoms with E-state index in [0.717, 1.165) is 72.4 Å². The van der Waals surface area contributed by atoms with Crippen LogP contribution >= 0.6 is 0 Å². The minimum Gasteiger partial charge on any atom is -0.496 e. The third kappa shape index (κ3) is 6.00. The first kappa shape index (κ1) is 42.5. The van der Waals surface area contributed by atoms with E-state index in [9.17, 15) is 14.7 Å². The molecule has 1 aliphatic carbocycles. The Morgan fingerprint density at radius 3 is 2.56 bits per heavy atom. The highest BCUT2D eigenvalue weighted by Gasteiger charge is 2.78. The van der Waals surface area contributed by atoms with Crippen LogP contribution in [0.25, 0.3) is 10.9 Å². The molecular weight excluding hydrogens is 787 g/mol. The van der Waals surface area contributed by atoms with Crippen LogP contribution in [-0.2, 0) is 41.1 Å².